The van der Waals surface area contributed by atoms with Crippen LogP contribution in [0.25, 0.3) is 0 Å². The van der Waals surface area contributed by atoms with Gasteiger partial charge < -0.3 is 10.0 Å². The Kier molecular flexibility index (Phi) is 3.07. The summed E-state index contributed by atoms with van der Waals surface area (Å²) < 4.78 is 0. The third-order valence-corrected chi connectivity index (χ3v) is 3.07. The Morgan fingerprint density at radius 2 is 2.33 bits per heavy atom. The Morgan fingerprint density at radius 3 is 3.07 bits per heavy atom. The molecular formula is C10H14ClN3O. The molecule has 0 bridgehead atoms. The fourth-order valence-corrected chi connectivity index (χ4v) is 2.01. The minimum absolute atomic E-state index is 0.258. The minimum atomic E-state index is -0.258. The molecule has 0 amide bonds. The predicted octanol–water partition coefficient (Wildman–Crippen LogP) is 1.40. The van der Waals surface area contributed by atoms with E-state index in [-0.39, 0.29) is 6.10 Å². The fraction of sp³-hybridized carbons (Fsp3) is 0.600. The molecule has 1 aliphatic heterocycles. The van der Waals surface area contributed by atoms with Gasteiger partial charge in [0, 0.05) is 18.7 Å². The van der Waals surface area contributed by atoms with Crippen molar-refractivity contribution in [2.24, 2.45) is 0 Å². The number of halogens is 1. The third kappa shape index (κ3) is 2.21. The van der Waals surface area contributed by atoms with E-state index in [0.29, 0.717) is 11.7 Å². The van der Waals surface area contributed by atoms with Crippen LogP contribution >= 0.6 is 11.6 Å². The Morgan fingerprint density at radius 1 is 1.53 bits per heavy atom. The number of aromatic nitrogens is 2. The Bertz CT molecular complexity index is 359. The molecule has 1 aromatic heterocycles. The van der Waals surface area contributed by atoms with E-state index in [4.69, 9.17) is 11.6 Å². The van der Waals surface area contributed by atoms with Crippen LogP contribution in [0.3, 0.4) is 0 Å². The van der Waals surface area contributed by atoms with Crippen LogP contribution in [0.4, 0.5) is 5.82 Å². The van der Waals surface area contributed by atoms with Gasteiger partial charge in [-0.3, -0.25) is 0 Å². The highest BCUT2D eigenvalue weighted by molar-refractivity contribution is 6.30. The lowest BCUT2D eigenvalue weighted by molar-refractivity contribution is 0.154. The van der Waals surface area contributed by atoms with Gasteiger partial charge in [0.15, 0.2) is 0 Å². The molecule has 2 rings (SSSR count). The third-order valence-electron chi connectivity index (χ3n) is 2.69. The number of piperidine rings is 1. The van der Waals surface area contributed by atoms with Crippen molar-refractivity contribution < 1.29 is 5.11 Å². The first-order valence-electron chi connectivity index (χ1n) is 5.08. The first-order chi connectivity index (χ1) is 7.18. The monoisotopic (exact) mass is 227 g/mol. The molecule has 0 aromatic carbocycles. The van der Waals surface area contributed by atoms with Crippen molar-refractivity contribution in [1.29, 1.82) is 0 Å². The van der Waals surface area contributed by atoms with E-state index in [9.17, 15) is 5.11 Å². The van der Waals surface area contributed by atoms with Crippen LogP contribution in [0.2, 0.25) is 5.15 Å². The second kappa shape index (κ2) is 4.33. The number of β-amino-alcohol motifs (C(OH)–C–C–N with tert-alkyl or cyclic N) is 1. The number of hydrogen-bond donors (Lipinski definition) is 1. The molecule has 4 nitrogen and oxygen atoms in total. The summed E-state index contributed by atoms with van der Waals surface area (Å²) in [4.78, 5) is 10.2. The zero-order chi connectivity index (χ0) is 10.8. The van der Waals surface area contributed by atoms with Gasteiger partial charge in [-0.15, -0.1) is 0 Å². The molecule has 1 atom stereocenters. The first-order valence-corrected chi connectivity index (χ1v) is 5.46. The first kappa shape index (κ1) is 10.6. The molecule has 0 saturated carbocycles. The van der Waals surface area contributed by atoms with Crippen LogP contribution in [-0.2, 0) is 0 Å². The topological polar surface area (TPSA) is 49.2 Å². The van der Waals surface area contributed by atoms with E-state index >= 15 is 0 Å². The number of rotatable bonds is 1. The summed E-state index contributed by atoms with van der Waals surface area (Å²) in [5, 5.41) is 10.1. The summed E-state index contributed by atoms with van der Waals surface area (Å²) in [5.74, 6) is 0.841. The summed E-state index contributed by atoms with van der Waals surface area (Å²) in [6.07, 6.45) is 3.06. The quantitative estimate of drug-likeness (QED) is 0.737. The highest BCUT2D eigenvalue weighted by Gasteiger charge is 2.20. The van der Waals surface area contributed by atoms with E-state index in [0.717, 1.165) is 30.8 Å². The maximum atomic E-state index is 9.58. The van der Waals surface area contributed by atoms with Crippen molar-refractivity contribution in [3.05, 3.63) is 17.0 Å². The van der Waals surface area contributed by atoms with Crippen LogP contribution in [0.5, 0.6) is 0 Å². The molecule has 1 saturated heterocycles. The summed E-state index contributed by atoms with van der Waals surface area (Å²) >= 11 is 5.93. The van der Waals surface area contributed by atoms with Gasteiger partial charge in [0.2, 0.25) is 0 Å². The number of aliphatic hydroxyl groups excluding tert-OH is 1. The molecule has 0 radical (unpaired) electrons. The van der Waals surface area contributed by atoms with Crippen molar-refractivity contribution in [3.8, 4) is 0 Å². The molecule has 5 heteroatoms. The maximum absolute atomic E-state index is 9.58. The standard InChI is InChI=1S/C10H14ClN3O/c1-7-9(11)12-6-13-10(7)14-4-2-3-8(15)5-14/h6,8,15H,2-5H2,1H3. The second-order valence-corrected chi connectivity index (χ2v) is 4.21. The van der Waals surface area contributed by atoms with Crippen LogP contribution < -0.4 is 4.90 Å². The van der Waals surface area contributed by atoms with Gasteiger partial charge in [-0.2, -0.15) is 0 Å². The average molecular weight is 228 g/mol. The normalized spacial score (nSPS) is 21.8. The molecule has 1 unspecified atom stereocenters. The average Bonchev–Trinajstić information content (AvgIpc) is 2.22. The molecule has 0 aliphatic carbocycles. The molecule has 1 aliphatic rings. The summed E-state index contributed by atoms with van der Waals surface area (Å²) in [6, 6.07) is 0. The summed E-state index contributed by atoms with van der Waals surface area (Å²) in [7, 11) is 0. The van der Waals surface area contributed by atoms with Gasteiger partial charge in [0.1, 0.15) is 17.3 Å². The van der Waals surface area contributed by atoms with Crippen molar-refractivity contribution in [1.82, 2.24) is 9.97 Å². The highest BCUT2D eigenvalue weighted by Crippen LogP contribution is 2.24. The highest BCUT2D eigenvalue weighted by atomic mass is 35.5. The van der Waals surface area contributed by atoms with E-state index in [1.165, 1.54) is 6.33 Å². The van der Waals surface area contributed by atoms with Crippen molar-refractivity contribution >= 4 is 17.4 Å². The van der Waals surface area contributed by atoms with Gasteiger partial charge >= 0.3 is 0 Å². The van der Waals surface area contributed by atoms with Crippen molar-refractivity contribution in [3.63, 3.8) is 0 Å². The molecular weight excluding hydrogens is 214 g/mol. The lowest BCUT2D eigenvalue weighted by Crippen LogP contribution is -2.39. The van der Waals surface area contributed by atoms with Crippen molar-refractivity contribution in [2.45, 2.75) is 25.9 Å². The van der Waals surface area contributed by atoms with E-state index < -0.39 is 0 Å². The van der Waals surface area contributed by atoms with E-state index in [1.54, 1.807) is 0 Å². The van der Waals surface area contributed by atoms with Crippen molar-refractivity contribution in [2.75, 3.05) is 18.0 Å². The largest absolute Gasteiger partial charge is 0.391 e. The van der Waals surface area contributed by atoms with Gasteiger partial charge in [0.25, 0.3) is 0 Å². The summed E-state index contributed by atoms with van der Waals surface area (Å²) in [5.41, 5.74) is 0.883. The SMILES string of the molecule is Cc1c(Cl)ncnc1N1CCCC(O)C1. The van der Waals surface area contributed by atoms with Gasteiger partial charge in [0.05, 0.1) is 6.10 Å². The van der Waals surface area contributed by atoms with E-state index in [2.05, 4.69) is 14.9 Å². The lowest BCUT2D eigenvalue weighted by atomic mass is 10.1. The van der Waals surface area contributed by atoms with Crippen LogP contribution in [0.1, 0.15) is 18.4 Å². The zero-order valence-corrected chi connectivity index (χ0v) is 9.41. The molecule has 0 spiro atoms. The maximum Gasteiger partial charge on any atom is 0.137 e. The minimum Gasteiger partial charge on any atom is -0.391 e. The molecule has 1 N–H and O–H groups in total. The second-order valence-electron chi connectivity index (χ2n) is 3.86. The Labute approximate surface area is 93.9 Å². The number of hydrogen-bond acceptors (Lipinski definition) is 4. The molecule has 1 fully saturated rings. The van der Waals surface area contributed by atoms with E-state index in [1.807, 2.05) is 6.92 Å². The predicted molar refractivity (Wildman–Crippen MR) is 59.2 cm³/mol. The van der Waals surface area contributed by atoms with Gasteiger partial charge in [-0.25, -0.2) is 9.97 Å². The Hall–Kier alpha value is -0.870. The zero-order valence-electron chi connectivity index (χ0n) is 8.65. The molecule has 1 aromatic rings. The molecule has 82 valence electrons. The molecule has 15 heavy (non-hydrogen) atoms. The number of anilines is 1. The molecule has 2 heterocycles. The van der Waals surface area contributed by atoms with Crippen LogP contribution in [0, 0.1) is 6.92 Å². The number of nitrogens with zero attached hydrogens (tertiary/aromatic N) is 3. The smallest absolute Gasteiger partial charge is 0.137 e. The van der Waals surface area contributed by atoms with Crippen LogP contribution in [0.15, 0.2) is 6.33 Å². The Balaban J connectivity index is 2.24. The summed E-state index contributed by atoms with van der Waals surface area (Å²) in [6.45, 7) is 3.46. The number of aliphatic hydroxyl groups is 1. The van der Waals surface area contributed by atoms with Crippen LogP contribution in [-0.4, -0.2) is 34.3 Å². The fourth-order valence-electron chi connectivity index (χ4n) is 1.89. The van der Waals surface area contributed by atoms with Gasteiger partial charge in [-0.1, -0.05) is 11.6 Å². The van der Waals surface area contributed by atoms with Gasteiger partial charge in [-0.05, 0) is 19.8 Å². The lowest BCUT2D eigenvalue weighted by Gasteiger charge is -2.31.